The van der Waals surface area contributed by atoms with Crippen molar-refractivity contribution in [2.75, 3.05) is 18.5 Å². The summed E-state index contributed by atoms with van der Waals surface area (Å²) in [5, 5.41) is 34.2. The minimum Gasteiger partial charge on any atom is -0.454 e. The molecular weight excluding hydrogens is 449 g/mol. The van der Waals surface area contributed by atoms with Gasteiger partial charge < -0.3 is 25.4 Å². The van der Waals surface area contributed by atoms with Crippen LogP contribution in [0.4, 0.5) is 19.0 Å². The van der Waals surface area contributed by atoms with Crippen LogP contribution in [0.25, 0.3) is 20.8 Å². The molecule has 2 heterocycles. The van der Waals surface area contributed by atoms with Crippen LogP contribution in [0.15, 0.2) is 24.3 Å². The lowest BCUT2D eigenvalue weighted by atomic mass is 10.0. The highest BCUT2D eigenvalue weighted by molar-refractivity contribution is 7.21. The number of halogens is 3. The molecule has 3 aromatic rings. The quantitative estimate of drug-likeness (QED) is 0.406. The highest BCUT2D eigenvalue weighted by atomic mass is 32.1. The Morgan fingerprint density at radius 3 is 2.66 bits per heavy atom. The van der Waals surface area contributed by atoms with E-state index >= 15 is 0 Å². The van der Waals surface area contributed by atoms with Gasteiger partial charge in [-0.25, -0.2) is 4.98 Å². The van der Waals surface area contributed by atoms with E-state index in [1.54, 1.807) is 6.92 Å². The molecule has 32 heavy (non-hydrogen) atoms. The van der Waals surface area contributed by atoms with Crippen LogP contribution in [0.2, 0.25) is 0 Å². The van der Waals surface area contributed by atoms with Gasteiger partial charge in [-0.3, -0.25) is 0 Å². The third kappa shape index (κ3) is 4.49. The number of benzene rings is 1. The number of anilines is 1. The van der Waals surface area contributed by atoms with E-state index in [1.165, 1.54) is 11.3 Å². The van der Waals surface area contributed by atoms with Crippen LogP contribution in [-0.4, -0.2) is 61.5 Å². The largest absolute Gasteiger partial charge is 0.454 e. The van der Waals surface area contributed by atoms with Crippen LogP contribution in [0.5, 0.6) is 6.01 Å². The number of aromatic nitrogens is 3. The second-order valence-corrected chi connectivity index (χ2v) is 8.71. The van der Waals surface area contributed by atoms with Gasteiger partial charge in [0.1, 0.15) is 16.9 Å². The highest BCUT2D eigenvalue weighted by Crippen LogP contribution is 2.40. The maximum absolute atomic E-state index is 12.6. The van der Waals surface area contributed by atoms with Gasteiger partial charge in [-0.15, -0.1) is 11.3 Å². The number of ether oxygens (including phenoxy) is 1. The molecule has 8 nitrogen and oxygen atoms in total. The Kier molecular flexibility index (Phi) is 5.96. The molecule has 1 fully saturated rings. The maximum atomic E-state index is 12.6. The zero-order valence-corrected chi connectivity index (χ0v) is 17.7. The average Bonchev–Trinajstić information content (AvgIpc) is 3.26. The van der Waals surface area contributed by atoms with Gasteiger partial charge in [0, 0.05) is 12.5 Å². The molecule has 0 radical (unpaired) electrons. The molecule has 12 heteroatoms. The van der Waals surface area contributed by atoms with Crippen molar-refractivity contribution in [3.8, 4) is 16.6 Å². The molecule has 1 aromatic carbocycles. The van der Waals surface area contributed by atoms with Crippen molar-refractivity contribution in [1.29, 1.82) is 0 Å². The van der Waals surface area contributed by atoms with Gasteiger partial charge >= 0.3 is 12.2 Å². The molecule has 172 valence electrons. The third-order valence-corrected chi connectivity index (χ3v) is 6.40. The first-order chi connectivity index (χ1) is 15.1. The van der Waals surface area contributed by atoms with E-state index in [0.717, 1.165) is 10.2 Å². The van der Waals surface area contributed by atoms with E-state index in [1.807, 2.05) is 24.3 Å². The Hall–Kier alpha value is -2.54. The number of fused-ring (bicyclic) bond motifs is 1. The lowest BCUT2D eigenvalue weighted by Gasteiger charge is -2.30. The molecule has 0 unspecified atom stereocenters. The highest BCUT2D eigenvalue weighted by Gasteiger charge is 2.47. The van der Waals surface area contributed by atoms with Gasteiger partial charge in [-0.2, -0.15) is 23.1 Å². The maximum Gasteiger partial charge on any atom is 0.422 e. The lowest BCUT2D eigenvalue weighted by Crippen LogP contribution is -2.48. The van der Waals surface area contributed by atoms with Gasteiger partial charge in [0.15, 0.2) is 12.3 Å². The van der Waals surface area contributed by atoms with Gasteiger partial charge in [0.25, 0.3) is 0 Å². The number of aliphatic hydroxyl groups is 3. The number of nitrogens with one attached hydrogen (secondary N) is 1. The number of aliphatic hydroxyl groups excluding tert-OH is 2. The lowest BCUT2D eigenvalue weighted by molar-refractivity contribution is -0.154. The fraction of sp³-hybridized carbons (Fsp3) is 0.450. The minimum absolute atomic E-state index is 0.0196. The summed E-state index contributed by atoms with van der Waals surface area (Å²) in [5.74, 6) is -0.573. The zero-order chi connectivity index (χ0) is 23.1. The molecule has 1 aliphatic carbocycles. The number of hydrogen-bond donors (Lipinski definition) is 4. The summed E-state index contributed by atoms with van der Waals surface area (Å²) in [6.07, 6.45) is -5.45. The van der Waals surface area contributed by atoms with E-state index in [2.05, 4.69) is 20.3 Å². The zero-order valence-electron chi connectivity index (χ0n) is 16.9. The van der Waals surface area contributed by atoms with Crippen LogP contribution < -0.4 is 10.1 Å². The molecule has 0 aliphatic heterocycles. The van der Waals surface area contributed by atoms with Crippen LogP contribution in [0.1, 0.15) is 18.5 Å². The Morgan fingerprint density at radius 1 is 1.25 bits per heavy atom. The molecule has 1 saturated carbocycles. The fourth-order valence-corrected chi connectivity index (χ4v) is 4.78. The Bertz CT molecular complexity index is 1090. The smallest absolute Gasteiger partial charge is 0.422 e. The molecule has 4 rings (SSSR count). The van der Waals surface area contributed by atoms with Gasteiger partial charge in [-0.1, -0.05) is 12.1 Å². The summed E-state index contributed by atoms with van der Waals surface area (Å²) < 4.78 is 43.5. The summed E-state index contributed by atoms with van der Waals surface area (Å²) in [6, 6.07) is 6.85. The molecule has 3 atom stereocenters. The number of aryl methyl sites for hydroxylation is 1. The number of para-hydroxylation sites is 1. The molecule has 0 saturated heterocycles. The normalized spacial score (nSPS) is 23.6. The Balaban J connectivity index is 1.77. The van der Waals surface area contributed by atoms with Crippen molar-refractivity contribution < 1.29 is 33.2 Å². The van der Waals surface area contributed by atoms with Crippen molar-refractivity contribution in [1.82, 2.24) is 15.0 Å². The molecule has 0 spiro atoms. The molecule has 4 N–H and O–H groups in total. The van der Waals surface area contributed by atoms with Crippen LogP contribution in [0, 0.1) is 12.8 Å². The average molecular weight is 470 g/mol. The van der Waals surface area contributed by atoms with Crippen molar-refractivity contribution in [3.63, 3.8) is 0 Å². The van der Waals surface area contributed by atoms with Crippen molar-refractivity contribution in [2.45, 2.75) is 37.8 Å². The summed E-state index contributed by atoms with van der Waals surface area (Å²) in [4.78, 5) is 12.7. The fourth-order valence-electron chi connectivity index (χ4n) is 3.72. The topological polar surface area (TPSA) is 121 Å². The van der Waals surface area contributed by atoms with Crippen LogP contribution in [-0.2, 0) is 0 Å². The van der Waals surface area contributed by atoms with Crippen molar-refractivity contribution >= 4 is 27.4 Å². The first-order valence-electron chi connectivity index (χ1n) is 9.83. The predicted octanol–water partition coefficient (Wildman–Crippen LogP) is 2.87. The van der Waals surface area contributed by atoms with E-state index < -0.39 is 36.5 Å². The van der Waals surface area contributed by atoms with Crippen LogP contribution >= 0.6 is 11.3 Å². The summed E-state index contributed by atoms with van der Waals surface area (Å²) in [5.41, 5.74) is -0.469. The first-order valence-corrected chi connectivity index (χ1v) is 10.6. The Labute approximate surface area is 184 Å². The summed E-state index contributed by atoms with van der Waals surface area (Å²) in [7, 11) is 0. The number of nitrogens with zero attached hydrogens (tertiary/aromatic N) is 3. The molecule has 1 aliphatic rings. The number of hydrogen-bond acceptors (Lipinski definition) is 9. The second-order valence-electron chi connectivity index (χ2n) is 7.68. The summed E-state index contributed by atoms with van der Waals surface area (Å²) >= 11 is 1.33. The van der Waals surface area contributed by atoms with E-state index in [-0.39, 0.29) is 24.5 Å². The van der Waals surface area contributed by atoms with Crippen molar-refractivity contribution in [2.24, 2.45) is 5.92 Å². The molecule has 0 amide bonds. The van der Waals surface area contributed by atoms with E-state index in [4.69, 9.17) is 4.74 Å². The van der Waals surface area contributed by atoms with Gasteiger partial charge in [0.05, 0.1) is 21.5 Å². The van der Waals surface area contributed by atoms with Crippen molar-refractivity contribution in [3.05, 3.63) is 30.0 Å². The van der Waals surface area contributed by atoms with E-state index in [9.17, 15) is 28.5 Å². The second kappa shape index (κ2) is 8.43. The molecular formula is C20H21F3N4O4S. The predicted molar refractivity (Wildman–Crippen MR) is 111 cm³/mol. The molecule has 0 bridgehead atoms. The van der Waals surface area contributed by atoms with Crippen LogP contribution in [0.3, 0.4) is 0 Å². The number of rotatable bonds is 6. The van der Waals surface area contributed by atoms with E-state index in [0.29, 0.717) is 17.0 Å². The standard InChI is InChI=1S/C20H21F3N4O4S/c1-10-14(17-25-12-4-2-3-5-13(12)32-17)16(26-18(24-10)31-9-20(21,22)23)27-19(30)7-6-11(8-28)15(19)29/h2-5,11,15,28-30H,6-9H2,1H3,(H,24,26,27)/t11-,15-,19+/m1/s1. The summed E-state index contributed by atoms with van der Waals surface area (Å²) in [6.45, 7) is -0.329. The first kappa shape index (κ1) is 22.6. The number of thiazole rings is 1. The SMILES string of the molecule is Cc1nc(OCC(F)(F)F)nc(N[C@]2(O)CC[C@H](CO)[C@H]2O)c1-c1nc2ccccc2s1. The third-order valence-electron chi connectivity index (χ3n) is 5.34. The number of alkyl halides is 3. The van der Waals surface area contributed by atoms with Gasteiger partial charge in [-0.05, 0) is 31.9 Å². The molecule has 2 aromatic heterocycles. The van der Waals surface area contributed by atoms with Gasteiger partial charge in [0.2, 0.25) is 0 Å². The Morgan fingerprint density at radius 2 is 2.00 bits per heavy atom. The monoisotopic (exact) mass is 470 g/mol. The minimum atomic E-state index is -4.58.